The average Bonchev–Trinajstić information content (AvgIpc) is 2.90. The highest BCUT2D eigenvalue weighted by Crippen LogP contribution is 2.26. The van der Waals surface area contributed by atoms with E-state index < -0.39 is 35.6 Å². The summed E-state index contributed by atoms with van der Waals surface area (Å²) in [6.45, 7) is 3.33. The first-order valence-corrected chi connectivity index (χ1v) is 11.2. The minimum Gasteiger partial charge on any atom is -0.295 e. The van der Waals surface area contributed by atoms with Crippen LogP contribution in [0.1, 0.15) is 43.9 Å². The summed E-state index contributed by atoms with van der Waals surface area (Å²) in [5.41, 5.74) is -0.546. The molecule has 3 N–H and O–H groups in total. The van der Waals surface area contributed by atoms with E-state index in [9.17, 15) is 30.7 Å². The molecule has 0 saturated heterocycles. The molecule has 1 heterocycles. The lowest BCUT2D eigenvalue weighted by Crippen LogP contribution is -2.18. The molecule has 0 unspecified atom stereocenters. The smallest absolute Gasteiger partial charge is 0.295 e. The molecule has 9 nitrogen and oxygen atoms in total. The standard InChI is InChI=1S/C16H22N2O7S2/c1-3-4-5-6-7-12-9-16(19)18(17-12)13-10-14(26(20,21)22)11(2)8-15(13)27(23,24)25/h8-10,17H,3-7H2,1-2H3,(H,20,21,22)(H,23,24,25). The topological polar surface area (TPSA) is 147 Å². The van der Waals surface area contributed by atoms with Gasteiger partial charge in [-0.3, -0.25) is 19.0 Å². The summed E-state index contributed by atoms with van der Waals surface area (Å²) in [6, 6.07) is 3.02. The van der Waals surface area contributed by atoms with Crippen molar-refractivity contribution >= 4 is 20.2 Å². The zero-order valence-electron chi connectivity index (χ0n) is 15.0. The maximum atomic E-state index is 12.3. The fourth-order valence-corrected chi connectivity index (χ4v) is 4.27. The van der Waals surface area contributed by atoms with E-state index >= 15 is 0 Å². The van der Waals surface area contributed by atoms with E-state index in [1.54, 1.807) is 0 Å². The van der Waals surface area contributed by atoms with Crippen molar-refractivity contribution in [3.05, 3.63) is 39.8 Å². The Hall–Kier alpha value is -1.95. The highest BCUT2D eigenvalue weighted by Gasteiger charge is 2.24. The van der Waals surface area contributed by atoms with Gasteiger partial charge in [0.2, 0.25) is 0 Å². The Balaban J connectivity index is 2.60. The van der Waals surface area contributed by atoms with Crippen molar-refractivity contribution in [3.63, 3.8) is 0 Å². The van der Waals surface area contributed by atoms with E-state index in [0.29, 0.717) is 12.1 Å². The van der Waals surface area contributed by atoms with Gasteiger partial charge in [-0.2, -0.15) is 16.8 Å². The number of aryl methyl sites for hydroxylation is 2. The van der Waals surface area contributed by atoms with Crippen molar-refractivity contribution in [1.29, 1.82) is 0 Å². The van der Waals surface area contributed by atoms with Gasteiger partial charge in [0, 0.05) is 11.8 Å². The van der Waals surface area contributed by atoms with Crippen molar-refractivity contribution < 1.29 is 25.9 Å². The molecule has 0 aliphatic carbocycles. The van der Waals surface area contributed by atoms with Crippen molar-refractivity contribution in [1.82, 2.24) is 9.78 Å². The molecule has 0 aliphatic rings. The molecule has 1 aromatic carbocycles. The van der Waals surface area contributed by atoms with Crippen LogP contribution in [0.25, 0.3) is 5.69 Å². The highest BCUT2D eigenvalue weighted by molar-refractivity contribution is 7.86. The molecule has 0 saturated carbocycles. The molecule has 0 spiro atoms. The van der Waals surface area contributed by atoms with E-state index in [1.165, 1.54) is 13.0 Å². The van der Waals surface area contributed by atoms with Crippen LogP contribution >= 0.6 is 0 Å². The summed E-state index contributed by atoms with van der Waals surface area (Å²) in [6.07, 6.45) is 4.45. The van der Waals surface area contributed by atoms with Gasteiger partial charge in [0.05, 0.1) is 10.6 Å². The molecule has 150 valence electrons. The largest absolute Gasteiger partial charge is 0.296 e. The van der Waals surface area contributed by atoms with Crippen molar-refractivity contribution in [3.8, 4) is 5.69 Å². The third-order valence-corrected chi connectivity index (χ3v) is 6.00. The third-order valence-electron chi connectivity index (χ3n) is 4.13. The number of hydrogen-bond donors (Lipinski definition) is 3. The molecular formula is C16H22N2O7S2. The zero-order chi connectivity index (χ0) is 20.4. The van der Waals surface area contributed by atoms with E-state index in [2.05, 4.69) is 12.0 Å². The van der Waals surface area contributed by atoms with Gasteiger partial charge in [-0.05, 0) is 37.5 Å². The van der Waals surface area contributed by atoms with E-state index in [1.807, 2.05) is 0 Å². The number of hydrogen-bond acceptors (Lipinski definition) is 5. The number of unbranched alkanes of at least 4 members (excludes halogenated alkanes) is 3. The minimum absolute atomic E-state index is 0.0896. The Bertz CT molecular complexity index is 1100. The molecule has 2 rings (SSSR count). The summed E-state index contributed by atoms with van der Waals surface area (Å²) in [5.74, 6) is 0. The first-order valence-electron chi connectivity index (χ1n) is 8.36. The molecule has 27 heavy (non-hydrogen) atoms. The summed E-state index contributed by atoms with van der Waals surface area (Å²) in [5, 5.41) is 2.74. The maximum Gasteiger partial charge on any atom is 0.296 e. The highest BCUT2D eigenvalue weighted by atomic mass is 32.2. The van der Waals surface area contributed by atoms with Gasteiger partial charge < -0.3 is 0 Å². The van der Waals surface area contributed by atoms with Gasteiger partial charge in [0.15, 0.2) is 0 Å². The molecule has 0 radical (unpaired) electrons. The summed E-state index contributed by atoms with van der Waals surface area (Å²) < 4.78 is 66.2. The monoisotopic (exact) mass is 418 g/mol. The fourth-order valence-electron chi connectivity index (χ4n) is 2.80. The average molecular weight is 418 g/mol. The minimum atomic E-state index is -4.75. The predicted molar refractivity (Wildman–Crippen MR) is 98.6 cm³/mol. The molecule has 0 atom stereocenters. The number of H-pyrrole nitrogens is 1. The Morgan fingerprint density at radius 1 is 0.963 bits per heavy atom. The Kier molecular flexibility index (Phi) is 6.30. The number of benzene rings is 1. The second kappa shape index (κ2) is 7.97. The van der Waals surface area contributed by atoms with Crippen molar-refractivity contribution in [2.45, 2.75) is 55.7 Å². The predicted octanol–water partition coefficient (Wildman–Crippen LogP) is 2.09. The molecule has 0 bridgehead atoms. The number of nitrogens with one attached hydrogen (secondary N) is 1. The normalized spacial score (nSPS) is 12.4. The summed E-state index contributed by atoms with van der Waals surface area (Å²) >= 11 is 0. The van der Waals surface area contributed by atoms with Crippen LogP contribution in [0.3, 0.4) is 0 Å². The zero-order valence-corrected chi connectivity index (χ0v) is 16.6. The van der Waals surface area contributed by atoms with E-state index in [-0.39, 0.29) is 11.3 Å². The molecule has 11 heteroatoms. The van der Waals surface area contributed by atoms with Crippen LogP contribution in [0.5, 0.6) is 0 Å². The maximum absolute atomic E-state index is 12.3. The van der Waals surface area contributed by atoms with Gasteiger partial charge in [0.1, 0.15) is 4.90 Å². The van der Waals surface area contributed by atoms with Crippen LogP contribution in [-0.4, -0.2) is 35.7 Å². The van der Waals surface area contributed by atoms with Gasteiger partial charge in [-0.15, -0.1) is 0 Å². The molecular weight excluding hydrogens is 396 g/mol. The fraction of sp³-hybridized carbons (Fsp3) is 0.438. The van der Waals surface area contributed by atoms with Crippen molar-refractivity contribution in [2.24, 2.45) is 0 Å². The third kappa shape index (κ3) is 5.06. The van der Waals surface area contributed by atoms with Crippen LogP contribution in [0.15, 0.2) is 32.8 Å². The summed E-state index contributed by atoms with van der Waals surface area (Å²) in [4.78, 5) is 11.1. The number of aromatic amines is 1. The molecule has 1 aromatic heterocycles. The lowest BCUT2D eigenvalue weighted by atomic mass is 10.1. The van der Waals surface area contributed by atoms with Crippen LogP contribution in [0.2, 0.25) is 0 Å². The Labute approximate surface area is 157 Å². The molecule has 0 aliphatic heterocycles. The van der Waals surface area contributed by atoms with Gasteiger partial charge in [0.25, 0.3) is 25.8 Å². The SMILES string of the molecule is CCCCCCc1cc(=O)n(-c2cc(S(=O)(=O)O)c(C)cc2S(=O)(=O)O)[nH]1. The molecule has 2 aromatic rings. The second-order valence-electron chi connectivity index (χ2n) is 6.30. The van der Waals surface area contributed by atoms with Gasteiger partial charge in [-0.25, -0.2) is 4.68 Å². The Morgan fingerprint density at radius 2 is 1.59 bits per heavy atom. The molecule has 0 amide bonds. The first kappa shape index (κ1) is 21.4. The van der Waals surface area contributed by atoms with E-state index in [4.69, 9.17) is 0 Å². The van der Waals surface area contributed by atoms with Crippen LogP contribution in [0, 0.1) is 6.92 Å². The number of nitrogens with zero attached hydrogens (tertiary/aromatic N) is 1. The van der Waals surface area contributed by atoms with Crippen molar-refractivity contribution in [2.75, 3.05) is 0 Å². The van der Waals surface area contributed by atoms with Crippen LogP contribution in [0.4, 0.5) is 0 Å². The quantitative estimate of drug-likeness (QED) is 0.439. The summed E-state index contributed by atoms with van der Waals surface area (Å²) in [7, 11) is -9.41. The van der Waals surface area contributed by atoms with Gasteiger partial charge in [-0.1, -0.05) is 26.2 Å². The number of rotatable bonds is 8. The van der Waals surface area contributed by atoms with E-state index in [0.717, 1.165) is 42.5 Å². The lowest BCUT2D eigenvalue weighted by molar-refractivity contribution is 0.477. The lowest BCUT2D eigenvalue weighted by Gasteiger charge is -2.12. The van der Waals surface area contributed by atoms with Gasteiger partial charge >= 0.3 is 0 Å². The first-order chi connectivity index (χ1) is 12.4. The number of aromatic nitrogens is 2. The van der Waals surface area contributed by atoms with Crippen LogP contribution in [-0.2, 0) is 26.7 Å². The molecule has 0 fully saturated rings. The van der Waals surface area contributed by atoms with Crippen LogP contribution < -0.4 is 5.56 Å². The second-order valence-corrected chi connectivity index (χ2v) is 9.08. The Morgan fingerprint density at radius 3 is 2.15 bits per heavy atom.